The van der Waals surface area contributed by atoms with Crippen LogP contribution in [0.5, 0.6) is 0 Å². The van der Waals surface area contributed by atoms with Crippen molar-refractivity contribution < 1.29 is 60.9 Å². The molecule has 0 saturated heterocycles. The molecule has 2 aromatic carbocycles. The topological polar surface area (TPSA) is 217 Å². The SMILES string of the molecule is CC(C)(C)C(c1nn(-c2cc(F)ccc2F)cc1Cc1ccccc1)N(CCC(N)C(=O)NCCNC(=O)CN1C(=O)C=CC1=O)C(=O)CO.O=C(O)C(F)(F)F. The lowest BCUT2D eigenvalue weighted by Gasteiger charge is -2.40. The van der Waals surface area contributed by atoms with Crippen molar-refractivity contribution >= 4 is 35.5 Å². The Hall–Kier alpha value is -6.02. The smallest absolute Gasteiger partial charge is 0.475 e. The summed E-state index contributed by atoms with van der Waals surface area (Å²) >= 11 is 0. The molecule has 0 saturated carbocycles. The fourth-order valence-corrected chi connectivity index (χ4v) is 5.62. The number of benzene rings is 2. The van der Waals surface area contributed by atoms with Crippen LogP contribution in [-0.2, 0) is 35.2 Å². The highest BCUT2D eigenvalue weighted by Crippen LogP contribution is 2.40. The van der Waals surface area contributed by atoms with Crippen molar-refractivity contribution in [3.05, 3.63) is 95.3 Å². The van der Waals surface area contributed by atoms with Gasteiger partial charge in [0, 0.05) is 56.0 Å². The fourth-order valence-electron chi connectivity index (χ4n) is 5.62. The summed E-state index contributed by atoms with van der Waals surface area (Å²) in [4.78, 5) is 72.6. The minimum atomic E-state index is -5.08. The number of nitrogens with one attached hydrogen (secondary N) is 2. The first-order valence-corrected chi connectivity index (χ1v) is 17.3. The monoisotopic (exact) mass is 807 g/mol. The van der Waals surface area contributed by atoms with E-state index in [-0.39, 0.29) is 31.7 Å². The Kier molecular flexibility index (Phi) is 15.7. The second kappa shape index (κ2) is 19.7. The van der Waals surface area contributed by atoms with Crippen LogP contribution in [0.25, 0.3) is 5.69 Å². The molecular weight excluding hydrogens is 765 g/mol. The standard InChI is InChI=1S/C35H41F2N7O6.C2HF3O2/c1-35(2,3)33(32-23(17-22-7-5-4-6-8-22)19-44(41-32)27-18-24(36)9-10-25(27)37)42(31(49)21-45)16-13-26(38)34(50)40-15-14-39-28(46)20-43-29(47)11-12-30(43)48;3-2(4,5)1(6)7/h4-12,18-19,26,33,45H,13-17,20-21,38H2,1-3H3,(H,39,46)(H,40,50);(H,6,7). The number of imide groups is 1. The van der Waals surface area contributed by atoms with Crippen LogP contribution in [0.1, 0.15) is 50.1 Å². The lowest BCUT2D eigenvalue weighted by molar-refractivity contribution is -0.192. The van der Waals surface area contributed by atoms with E-state index >= 15 is 0 Å². The maximum absolute atomic E-state index is 14.9. The summed E-state index contributed by atoms with van der Waals surface area (Å²) in [5.41, 5.74) is 7.30. The van der Waals surface area contributed by atoms with Gasteiger partial charge in [-0.1, -0.05) is 51.1 Å². The van der Waals surface area contributed by atoms with Crippen LogP contribution >= 0.6 is 0 Å². The maximum Gasteiger partial charge on any atom is 0.490 e. The second-order valence-corrected chi connectivity index (χ2v) is 13.7. The normalized spacial score (nSPS) is 13.8. The van der Waals surface area contributed by atoms with E-state index in [0.29, 0.717) is 17.7 Å². The zero-order chi connectivity index (χ0) is 42.7. The first-order chi connectivity index (χ1) is 26.6. The van der Waals surface area contributed by atoms with Crippen LogP contribution in [0, 0.1) is 17.0 Å². The quantitative estimate of drug-likeness (QED) is 0.0857. The highest BCUT2D eigenvalue weighted by molar-refractivity contribution is 6.14. The molecule has 4 rings (SSSR count). The number of carboxylic acids is 1. The maximum atomic E-state index is 14.9. The van der Waals surface area contributed by atoms with E-state index in [9.17, 15) is 51.0 Å². The van der Waals surface area contributed by atoms with Gasteiger partial charge in [0.2, 0.25) is 17.7 Å². The lowest BCUT2D eigenvalue weighted by Crippen LogP contribution is -2.48. The fraction of sp³-hybridized carbons (Fsp3) is 0.378. The Morgan fingerprint density at radius 3 is 2.11 bits per heavy atom. The predicted octanol–water partition coefficient (Wildman–Crippen LogP) is 2.16. The molecule has 20 heteroatoms. The average molecular weight is 808 g/mol. The van der Waals surface area contributed by atoms with E-state index in [1.54, 1.807) is 6.20 Å². The Labute approximate surface area is 323 Å². The van der Waals surface area contributed by atoms with Gasteiger partial charge in [-0.2, -0.15) is 18.3 Å². The number of halogens is 5. The van der Waals surface area contributed by atoms with E-state index in [2.05, 4.69) is 10.6 Å². The van der Waals surface area contributed by atoms with Crippen LogP contribution in [0.15, 0.2) is 66.9 Å². The highest BCUT2D eigenvalue weighted by atomic mass is 19.4. The van der Waals surface area contributed by atoms with Crippen molar-refractivity contribution in [2.24, 2.45) is 11.1 Å². The molecular formula is C37H42F5N7O8. The Balaban J connectivity index is 0.00000113. The molecule has 6 N–H and O–H groups in total. The van der Waals surface area contributed by atoms with Crippen molar-refractivity contribution in [3.63, 3.8) is 0 Å². The zero-order valence-corrected chi connectivity index (χ0v) is 31.1. The Morgan fingerprint density at radius 2 is 1.54 bits per heavy atom. The van der Waals surface area contributed by atoms with E-state index < -0.39 is 84.0 Å². The summed E-state index contributed by atoms with van der Waals surface area (Å²) < 4.78 is 62.1. The summed E-state index contributed by atoms with van der Waals surface area (Å²) in [7, 11) is 0. The molecule has 0 bridgehead atoms. The number of carboxylic acid groups (broad SMARTS) is 1. The van der Waals surface area contributed by atoms with E-state index in [4.69, 9.17) is 20.7 Å². The molecule has 2 atom stereocenters. The Bertz CT molecular complexity index is 1950. The molecule has 2 unspecified atom stereocenters. The number of amides is 5. The molecule has 5 amide bonds. The Morgan fingerprint density at radius 1 is 0.947 bits per heavy atom. The van der Waals surface area contributed by atoms with Gasteiger partial charge < -0.3 is 31.5 Å². The summed E-state index contributed by atoms with van der Waals surface area (Å²) in [5.74, 6) is -7.10. The third-order valence-corrected chi connectivity index (χ3v) is 8.27. The summed E-state index contributed by atoms with van der Waals surface area (Å²) in [5, 5.41) is 26.9. The number of alkyl halides is 3. The first kappa shape index (κ1) is 45.4. The minimum absolute atomic E-state index is 0.000756. The van der Waals surface area contributed by atoms with Gasteiger partial charge >= 0.3 is 12.1 Å². The first-order valence-electron chi connectivity index (χ1n) is 17.3. The molecule has 1 aliphatic rings. The highest BCUT2D eigenvalue weighted by Gasteiger charge is 2.39. The molecule has 0 spiro atoms. The van der Waals surface area contributed by atoms with Crippen LogP contribution in [0.3, 0.4) is 0 Å². The minimum Gasteiger partial charge on any atom is -0.475 e. The molecule has 2 heterocycles. The van der Waals surface area contributed by atoms with Gasteiger partial charge in [0.05, 0.1) is 17.8 Å². The molecule has 57 heavy (non-hydrogen) atoms. The van der Waals surface area contributed by atoms with Crippen molar-refractivity contribution in [1.82, 2.24) is 30.2 Å². The molecule has 0 fully saturated rings. The lowest BCUT2D eigenvalue weighted by atomic mass is 9.81. The molecule has 1 aromatic heterocycles. The number of hydrogen-bond acceptors (Lipinski definition) is 9. The number of aliphatic hydroxyl groups is 1. The summed E-state index contributed by atoms with van der Waals surface area (Å²) in [6, 6.07) is 10.6. The number of aliphatic hydroxyl groups excluding tert-OH is 1. The number of hydrogen-bond donors (Lipinski definition) is 5. The number of aliphatic carboxylic acids is 1. The van der Waals surface area contributed by atoms with E-state index in [1.807, 2.05) is 51.1 Å². The van der Waals surface area contributed by atoms with Gasteiger partial charge in [-0.05, 0) is 29.5 Å². The molecule has 15 nitrogen and oxygen atoms in total. The molecule has 0 radical (unpaired) electrons. The predicted molar refractivity (Wildman–Crippen MR) is 192 cm³/mol. The number of aromatic nitrogens is 2. The van der Waals surface area contributed by atoms with Crippen LogP contribution in [0.2, 0.25) is 0 Å². The molecule has 0 aliphatic carbocycles. The van der Waals surface area contributed by atoms with Crippen LogP contribution in [0.4, 0.5) is 22.0 Å². The van der Waals surface area contributed by atoms with Crippen molar-refractivity contribution in [2.75, 3.05) is 32.8 Å². The van der Waals surface area contributed by atoms with Crippen molar-refractivity contribution in [3.8, 4) is 5.69 Å². The summed E-state index contributed by atoms with van der Waals surface area (Å²) in [6.07, 6.45) is -1.02. The number of nitrogens with two attached hydrogens (primary N) is 1. The zero-order valence-electron chi connectivity index (χ0n) is 31.1. The van der Waals surface area contributed by atoms with Gasteiger partial charge in [0.1, 0.15) is 30.5 Å². The summed E-state index contributed by atoms with van der Waals surface area (Å²) in [6.45, 7) is 4.25. The van der Waals surface area contributed by atoms with Gasteiger partial charge in [-0.3, -0.25) is 28.9 Å². The largest absolute Gasteiger partial charge is 0.490 e. The van der Waals surface area contributed by atoms with Gasteiger partial charge in [0.25, 0.3) is 11.8 Å². The van der Waals surface area contributed by atoms with Crippen molar-refractivity contribution in [1.29, 1.82) is 0 Å². The van der Waals surface area contributed by atoms with Gasteiger partial charge in [0.15, 0.2) is 0 Å². The second-order valence-electron chi connectivity index (χ2n) is 13.7. The van der Waals surface area contributed by atoms with Crippen LogP contribution < -0.4 is 16.4 Å². The average Bonchev–Trinajstić information content (AvgIpc) is 3.69. The molecule has 308 valence electrons. The number of carbonyl (C=O) groups excluding carboxylic acids is 5. The van der Waals surface area contributed by atoms with Crippen LogP contribution in [-0.4, -0.2) is 110 Å². The number of carbonyl (C=O) groups is 6. The molecule has 3 aromatic rings. The van der Waals surface area contributed by atoms with Gasteiger partial charge in [-0.25, -0.2) is 18.3 Å². The third-order valence-electron chi connectivity index (χ3n) is 8.27. The third kappa shape index (κ3) is 13.0. The number of nitrogens with zero attached hydrogens (tertiary/aromatic N) is 4. The van der Waals surface area contributed by atoms with Crippen molar-refractivity contribution in [2.45, 2.75) is 51.9 Å². The van der Waals surface area contributed by atoms with Gasteiger partial charge in [-0.15, -0.1) is 0 Å². The van der Waals surface area contributed by atoms with E-state index in [1.165, 1.54) is 9.58 Å². The molecule has 1 aliphatic heterocycles. The number of rotatable bonds is 15. The van der Waals surface area contributed by atoms with E-state index in [0.717, 1.165) is 40.8 Å².